The maximum Gasteiger partial charge on any atom is 0.573 e. The molecule has 1 aromatic heterocycles. The van der Waals surface area contributed by atoms with Crippen molar-refractivity contribution in [1.29, 1.82) is 0 Å². The molecule has 0 radical (unpaired) electrons. The summed E-state index contributed by atoms with van der Waals surface area (Å²) < 4.78 is 44.7. The first-order chi connectivity index (χ1) is 17.2. The molecular weight excluding hydrogens is 479 g/mol. The maximum absolute atomic E-state index is 13.1. The van der Waals surface area contributed by atoms with Crippen molar-refractivity contribution >= 4 is 11.8 Å². The van der Waals surface area contributed by atoms with Gasteiger partial charge < -0.3 is 26.0 Å². The van der Waals surface area contributed by atoms with Crippen LogP contribution in [0, 0.1) is 0 Å². The molecule has 36 heavy (non-hydrogen) atoms. The fourth-order valence-electron chi connectivity index (χ4n) is 4.36. The van der Waals surface area contributed by atoms with Gasteiger partial charge in [-0.15, -0.1) is 13.2 Å². The number of piperazine rings is 1. The molecular formula is C23H30F3N7O3. The molecule has 196 valence electrons. The summed E-state index contributed by atoms with van der Waals surface area (Å²) in [4.78, 5) is 30.4. The van der Waals surface area contributed by atoms with E-state index in [-0.39, 0.29) is 36.2 Å². The van der Waals surface area contributed by atoms with Crippen molar-refractivity contribution in [3.05, 3.63) is 46.5 Å². The van der Waals surface area contributed by atoms with Crippen LogP contribution in [0.4, 0.5) is 23.8 Å². The van der Waals surface area contributed by atoms with Crippen LogP contribution in [-0.2, 0) is 6.54 Å². The van der Waals surface area contributed by atoms with E-state index in [1.54, 1.807) is 4.90 Å². The number of rotatable bonds is 6. The van der Waals surface area contributed by atoms with Crippen molar-refractivity contribution in [3.63, 3.8) is 0 Å². The number of benzene rings is 1. The summed E-state index contributed by atoms with van der Waals surface area (Å²) >= 11 is 0. The molecule has 2 amide bonds. The van der Waals surface area contributed by atoms with Crippen molar-refractivity contribution < 1.29 is 22.7 Å². The van der Waals surface area contributed by atoms with E-state index < -0.39 is 17.8 Å². The van der Waals surface area contributed by atoms with Gasteiger partial charge in [0.1, 0.15) is 11.6 Å². The Kier molecular flexibility index (Phi) is 8.11. The standard InChI is InChI=1S/C23H30F3N7O3/c24-23(25,26)36-19-13-18(6-1-15(19)14-29-17-4-2-16(27)3-5-17)33-10-7-20(31-22(33)35)30-21(34)32-11-8-28-9-12-32/h1,6-7,10,13,16-17,28-29H,2-5,8-9,11-12,14,27H2,(H,30,31,34,35). The number of ether oxygens (including phenoxy) is 1. The lowest BCUT2D eigenvalue weighted by molar-refractivity contribution is -0.274. The van der Waals surface area contributed by atoms with E-state index in [9.17, 15) is 22.8 Å². The molecule has 1 aliphatic heterocycles. The highest BCUT2D eigenvalue weighted by Crippen LogP contribution is 2.29. The summed E-state index contributed by atoms with van der Waals surface area (Å²) in [5, 5.41) is 8.99. The van der Waals surface area contributed by atoms with Gasteiger partial charge in [0.15, 0.2) is 0 Å². The molecule has 2 fully saturated rings. The third-order valence-electron chi connectivity index (χ3n) is 6.35. The van der Waals surface area contributed by atoms with E-state index in [2.05, 4.69) is 25.7 Å². The number of hydrogen-bond donors (Lipinski definition) is 4. The first-order valence-corrected chi connectivity index (χ1v) is 11.9. The van der Waals surface area contributed by atoms with Crippen LogP contribution in [0.1, 0.15) is 31.2 Å². The number of halogens is 3. The number of aromatic nitrogens is 2. The molecule has 1 saturated heterocycles. The molecule has 1 aliphatic carbocycles. The van der Waals surface area contributed by atoms with Crippen molar-refractivity contribution in [3.8, 4) is 11.4 Å². The third kappa shape index (κ3) is 6.95. The zero-order valence-electron chi connectivity index (χ0n) is 19.7. The summed E-state index contributed by atoms with van der Waals surface area (Å²) in [7, 11) is 0. The zero-order chi connectivity index (χ0) is 25.7. The zero-order valence-corrected chi connectivity index (χ0v) is 19.7. The minimum absolute atomic E-state index is 0.0552. The molecule has 0 unspecified atom stereocenters. The van der Waals surface area contributed by atoms with Gasteiger partial charge in [0.2, 0.25) is 0 Å². The van der Waals surface area contributed by atoms with Crippen LogP contribution < -0.4 is 32.1 Å². The molecule has 13 heteroatoms. The van der Waals surface area contributed by atoms with Crippen LogP contribution in [0.15, 0.2) is 35.3 Å². The Hall–Kier alpha value is -3.16. The minimum Gasteiger partial charge on any atom is -0.405 e. The predicted molar refractivity (Wildman–Crippen MR) is 127 cm³/mol. The Labute approximate surface area is 206 Å². The lowest BCUT2D eigenvalue weighted by Gasteiger charge is -2.27. The fourth-order valence-corrected chi connectivity index (χ4v) is 4.36. The summed E-state index contributed by atoms with van der Waals surface area (Å²) in [6.07, 6.45) is -0.111. The second-order valence-corrected chi connectivity index (χ2v) is 8.96. The number of urea groups is 1. The summed E-state index contributed by atoms with van der Waals surface area (Å²) in [6.45, 7) is 2.58. The van der Waals surface area contributed by atoms with E-state index in [0.29, 0.717) is 31.7 Å². The quantitative estimate of drug-likeness (QED) is 0.469. The van der Waals surface area contributed by atoms with Gasteiger partial charge in [0.25, 0.3) is 0 Å². The summed E-state index contributed by atoms with van der Waals surface area (Å²) in [6, 6.07) is 5.54. The van der Waals surface area contributed by atoms with Crippen molar-refractivity contribution in [2.75, 3.05) is 31.5 Å². The normalized spacial score (nSPS) is 20.7. The predicted octanol–water partition coefficient (Wildman–Crippen LogP) is 1.93. The van der Waals surface area contributed by atoms with Gasteiger partial charge in [-0.25, -0.2) is 9.59 Å². The average molecular weight is 510 g/mol. The highest BCUT2D eigenvalue weighted by molar-refractivity contribution is 5.88. The number of alkyl halides is 3. The van der Waals surface area contributed by atoms with Crippen LogP contribution in [0.3, 0.4) is 0 Å². The Bertz CT molecular complexity index is 1110. The van der Waals surface area contributed by atoms with Gasteiger partial charge in [-0.05, 0) is 37.8 Å². The maximum atomic E-state index is 13.1. The van der Waals surface area contributed by atoms with Crippen molar-refractivity contribution in [1.82, 2.24) is 25.1 Å². The average Bonchev–Trinajstić information content (AvgIpc) is 2.84. The van der Waals surface area contributed by atoms with E-state index >= 15 is 0 Å². The van der Waals surface area contributed by atoms with Crippen molar-refractivity contribution in [2.24, 2.45) is 5.73 Å². The van der Waals surface area contributed by atoms with Gasteiger partial charge in [-0.1, -0.05) is 6.07 Å². The van der Waals surface area contributed by atoms with E-state index in [4.69, 9.17) is 5.73 Å². The highest BCUT2D eigenvalue weighted by Gasteiger charge is 2.32. The van der Waals surface area contributed by atoms with Gasteiger partial charge in [-0.3, -0.25) is 9.88 Å². The molecule has 5 N–H and O–H groups in total. The minimum atomic E-state index is -4.90. The van der Waals surface area contributed by atoms with Crippen LogP contribution in [-0.4, -0.2) is 65.1 Å². The molecule has 1 aromatic carbocycles. The molecule has 10 nitrogen and oxygen atoms in total. The molecule has 0 bridgehead atoms. The second-order valence-electron chi connectivity index (χ2n) is 8.96. The number of hydrogen-bond acceptors (Lipinski definition) is 7. The molecule has 0 spiro atoms. The third-order valence-corrected chi connectivity index (χ3v) is 6.35. The number of amides is 2. The van der Waals surface area contributed by atoms with Gasteiger partial charge in [0, 0.05) is 62.6 Å². The van der Waals surface area contributed by atoms with E-state index in [1.807, 2.05) is 0 Å². The summed E-state index contributed by atoms with van der Waals surface area (Å²) in [5.41, 5.74) is 5.63. The Balaban J connectivity index is 1.49. The Morgan fingerprint density at radius 3 is 2.56 bits per heavy atom. The Morgan fingerprint density at radius 2 is 1.89 bits per heavy atom. The number of nitrogens with one attached hydrogen (secondary N) is 3. The van der Waals surface area contributed by atoms with Crippen molar-refractivity contribution in [2.45, 2.75) is 50.7 Å². The molecule has 2 aliphatic rings. The number of nitrogens with zero attached hydrogens (tertiary/aromatic N) is 3. The van der Waals surface area contributed by atoms with Crippen LogP contribution >= 0.6 is 0 Å². The highest BCUT2D eigenvalue weighted by atomic mass is 19.4. The largest absolute Gasteiger partial charge is 0.573 e. The van der Waals surface area contributed by atoms with E-state index in [1.165, 1.54) is 24.4 Å². The monoisotopic (exact) mass is 509 g/mol. The molecule has 0 atom stereocenters. The first kappa shape index (κ1) is 25.9. The van der Waals surface area contributed by atoms with Crippen LogP contribution in [0.25, 0.3) is 5.69 Å². The number of nitrogens with two attached hydrogens (primary N) is 1. The second kappa shape index (κ2) is 11.3. The molecule has 4 rings (SSSR count). The molecule has 1 saturated carbocycles. The van der Waals surface area contributed by atoms with E-state index in [0.717, 1.165) is 36.3 Å². The van der Waals surface area contributed by atoms with Gasteiger partial charge >= 0.3 is 18.1 Å². The molecule has 2 aromatic rings. The van der Waals surface area contributed by atoms with Crippen LogP contribution in [0.5, 0.6) is 5.75 Å². The van der Waals surface area contributed by atoms with Crippen LogP contribution in [0.2, 0.25) is 0 Å². The smallest absolute Gasteiger partial charge is 0.405 e. The lowest BCUT2D eigenvalue weighted by Crippen LogP contribution is -2.48. The first-order valence-electron chi connectivity index (χ1n) is 11.9. The number of carbonyl (C=O) groups excluding carboxylic acids is 1. The number of anilines is 1. The topological polar surface area (TPSA) is 127 Å². The summed E-state index contributed by atoms with van der Waals surface area (Å²) in [5.74, 6) is -0.345. The SMILES string of the molecule is NC1CCC(NCc2ccc(-n3ccc(NC(=O)N4CCNCC4)nc3=O)cc2OC(F)(F)F)CC1. The lowest BCUT2D eigenvalue weighted by atomic mass is 9.92. The molecule has 2 heterocycles. The fraction of sp³-hybridized carbons (Fsp3) is 0.522. The van der Waals surface area contributed by atoms with Gasteiger partial charge in [-0.2, -0.15) is 4.98 Å². The Morgan fingerprint density at radius 1 is 1.17 bits per heavy atom. The van der Waals surface area contributed by atoms with Gasteiger partial charge in [0.05, 0.1) is 5.69 Å². The number of carbonyl (C=O) groups is 1.